The van der Waals surface area contributed by atoms with Crippen LogP contribution in [-0.4, -0.2) is 11.9 Å². The van der Waals surface area contributed by atoms with Gasteiger partial charge in [0.1, 0.15) is 5.71 Å². The summed E-state index contributed by atoms with van der Waals surface area (Å²) < 4.78 is 35.2. The summed E-state index contributed by atoms with van der Waals surface area (Å²) in [7, 11) is 0. The summed E-state index contributed by atoms with van der Waals surface area (Å²) in [6.07, 6.45) is -4.53. The lowest BCUT2D eigenvalue weighted by atomic mass is 10.2. The normalized spacial score (nSPS) is 18.7. The molecule has 0 bridgehead atoms. The first kappa shape index (κ1) is 7.11. The Bertz CT molecular complexity index is 192. The van der Waals surface area contributed by atoms with Crippen LogP contribution in [0, 0.1) is 0 Å². The van der Waals surface area contributed by atoms with Gasteiger partial charge >= 0.3 is 6.18 Å². The molecule has 0 atom stereocenters. The third-order valence-electron chi connectivity index (χ3n) is 1.06. The summed E-state index contributed by atoms with van der Waals surface area (Å²) in [6.45, 7) is 3.29. The number of halogens is 3. The summed E-state index contributed by atoms with van der Waals surface area (Å²) in [5.74, 6) is 0. The second kappa shape index (κ2) is 2.00. The van der Waals surface area contributed by atoms with Crippen LogP contribution < -0.4 is 5.43 Å². The van der Waals surface area contributed by atoms with Gasteiger partial charge in [0, 0.05) is 12.1 Å². The monoisotopic (exact) mass is 150 g/mol. The minimum Gasteiger partial charge on any atom is -0.283 e. The van der Waals surface area contributed by atoms with Gasteiger partial charge < -0.3 is 0 Å². The van der Waals surface area contributed by atoms with Crippen LogP contribution >= 0.6 is 0 Å². The molecule has 0 aromatic heterocycles. The molecule has 2 nitrogen and oxygen atoms in total. The van der Waals surface area contributed by atoms with Crippen LogP contribution in [0.3, 0.4) is 0 Å². The molecule has 10 heavy (non-hydrogen) atoms. The van der Waals surface area contributed by atoms with E-state index >= 15 is 0 Å². The number of nitrogens with zero attached hydrogens (tertiary/aromatic N) is 1. The van der Waals surface area contributed by atoms with E-state index in [0.717, 1.165) is 0 Å². The van der Waals surface area contributed by atoms with Gasteiger partial charge in [-0.1, -0.05) is 6.58 Å². The summed E-state index contributed by atoms with van der Waals surface area (Å²) in [6, 6.07) is 0. The molecule has 0 fully saturated rings. The number of hydrazone groups is 1. The van der Waals surface area contributed by atoms with Crippen LogP contribution in [0.5, 0.6) is 0 Å². The van der Waals surface area contributed by atoms with Crippen molar-refractivity contribution in [1.82, 2.24) is 5.43 Å². The molecule has 56 valence electrons. The van der Waals surface area contributed by atoms with Gasteiger partial charge in [0.15, 0.2) is 0 Å². The van der Waals surface area contributed by atoms with Crippen molar-refractivity contribution in [2.75, 3.05) is 0 Å². The van der Waals surface area contributed by atoms with Crippen molar-refractivity contribution in [2.24, 2.45) is 5.10 Å². The van der Waals surface area contributed by atoms with Crippen LogP contribution in [0.15, 0.2) is 17.4 Å². The van der Waals surface area contributed by atoms with Crippen LogP contribution in [-0.2, 0) is 0 Å². The average molecular weight is 150 g/mol. The Morgan fingerprint density at radius 1 is 1.50 bits per heavy atom. The Morgan fingerprint density at radius 2 is 2.10 bits per heavy atom. The highest BCUT2D eigenvalue weighted by molar-refractivity contribution is 5.92. The highest BCUT2D eigenvalue weighted by Gasteiger charge is 2.37. The fraction of sp³-hybridized carbons (Fsp3) is 0.400. The SMILES string of the molecule is C=C1CC(C(F)(F)F)=NN1. The van der Waals surface area contributed by atoms with E-state index in [-0.39, 0.29) is 12.1 Å². The van der Waals surface area contributed by atoms with E-state index in [0.29, 0.717) is 0 Å². The Kier molecular flexibility index (Phi) is 1.42. The molecule has 0 saturated heterocycles. The van der Waals surface area contributed by atoms with Crippen molar-refractivity contribution in [3.05, 3.63) is 12.3 Å². The number of rotatable bonds is 0. The molecule has 5 heteroatoms. The third-order valence-corrected chi connectivity index (χ3v) is 1.06. The van der Waals surface area contributed by atoms with Gasteiger partial charge in [-0.15, -0.1) is 0 Å². The molecule has 1 N–H and O–H groups in total. The van der Waals surface area contributed by atoms with E-state index in [9.17, 15) is 13.2 Å². The lowest BCUT2D eigenvalue weighted by Gasteiger charge is -2.01. The van der Waals surface area contributed by atoms with Gasteiger partial charge in [-0.3, -0.25) is 5.43 Å². The van der Waals surface area contributed by atoms with Gasteiger partial charge in [-0.05, 0) is 0 Å². The first-order chi connectivity index (χ1) is 4.50. The Balaban J connectivity index is 2.69. The zero-order chi connectivity index (χ0) is 7.78. The molecule has 0 saturated carbocycles. The Labute approximate surface area is 55.4 Å². The van der Waals surface area contributed by atoms with Crippen LogP contribution in [0.2, 0.25) is 0 Å². The molecular formula is C5H5F3N2. The smallest absolute Gasteiger partial charge is 0.283 e. The number of hydrogen-bond donors (Lipinski definition) is 1. The molecule has 1 aliphatic rings. The molecule has 0 unspecified atom stereocenters. The molecule has 0 spiro atoms. The van der Waals surface area contributed by atoms with E-state index in [2.05, 4.69) is 17.1 Å². The fourth-order valence-electron chi connectivity index (χ4n) is 0.591. The molecule has 0 aromatic rings. The quantitative estimate of drug-likeness (QED) is 0.554. The van der Waals surface area contributed by atoms with Crippen molar-refractivity contribution in [2.45, 2.75) is 12.6 Å². The second-order valence-electron chi connectivity index (χ2n) is 1.95. The first-order valence-corrected chi connectivity index (χ1v) is 2.57. The average Bonchev–Trinajstić information content (AvgIpc) is 2.11. The zero-order valence-corrected chi connectivity index (χ0v) is 5.00. The molecule has 1 heterocycles. The maximum absolute atomic E-state index is 11.7. The predicted molar refractivity (Wildman–Crippen MR) is 30.4 cm³/mol. The maximum Gasteiger partial charge on any atom is 0.431 e. The fourth-order valence-corrected chi connectivity index (χ4v) is 0.591. The number of alkyl halides is 3. The molecular weight excluding hydrogens is 145 g/mol. The molecule has 1 rings (SSSR count). The summed E-state index contributed by atoms with van der Waals surface area (Å²) in [5, 5.41) is 3.03. The highest BCUT2D eigenvalue weighted by atomic mass is 19.4. The molecule has 0 amide bonds. The molecule has 0 radical (unpaired) electrons. The van der Waals surface area contributed by atoms with Gasteiger partial charge in [-0.2, -0.15) is 18.3 Å². The minimum absolute atomic E-state index is 0.219. The van der Waals surface area contributed by atoms with E-state index in [4.69, 9.17) is 0 Å². The van der Waals surface area contributed by atoms with E-state index < -0.39 is 11.9 Å². The largest absolute Gasteiger partial charge is 0.431 e. The van der Waals surface area contributed by atoms with Crippen molar-refractivity contribution in [1.29, 1.82) is 0 Å². The molecule has 0 aromatic carbocycles. The predicted octanol–water partition coefficient (Wildman–Crippen LogP) is 1.41. The maximum atomic E-state index is 11.7. The topological polar surface area (TPSA) is 24.4 Å². The van der Waals surface area contributed by atoms with Gasteiger partial charge in [0.2, 0.25) is 0 Å². The number of allylic oxidation sites excluding steroid dienone is 1. The van der Waals surface area contributed by atoms with Gasteiger partial charge in [-0.25, -0.2) is 0 Å². The zero-order valence-electron chi connectivity index (χ0n) is 5.00. The highest BCUT2D eigenvalue weighted by Crippen LogP contribution is 2.23. The van der Waals surface area contributed by atoms with E-state index in [1.165, 1.54) is 0 Å². The third kappa shape index (κ3) is 1.29. The Morgan fingerprint density at radius 3 is 2.30 bits per heavy atom. The van der Waals surface area contributed by atoms with Crippen molar-refractivity contribution < 1.29 is 13.2 Å². The van der Waals surface area contributed by atoms with Gasteiger partial charge in [0.05, 0.1) is 0 Å². The first-order valence-electron chi connectivity index (χ1n) is 2.57. The van der Waals surface area contributed by atoms with Gasteiger partial charge in [0.25, 0.3) is 0 Å². The molecule has 1 aliphatic heterocycles. The second-order valence-corrected chi connectivity index (χ2v) is 1.95. The minimum atomic E-state index is -4.31. The number of nitrogens with one attached hydrogen (secondary N) is 1. The van der Waals surface area contributed by atoms with E-state index in [1.54, 1.807) is 0 Å². The van der Waals surface area contributed by atoms with Crippen molar-refractivity contribution in [3.8, 4) is 0 Å². The van der Waals surface area contributed by atoms with E-state index in [1.807, 2.05) is 0 Å². The van der Waals surface area contributed by atoms with Crippen molar-refractivity contribution in [3.63, 3.8) is 0 Å². The lowest BCUT2D eigenvalue weighted by Crippen LogP contribution is -2.20. The molecule has 0 aliphatic carbocycles. The number of hydrogen-bond acceptors (Lipinski definition) is 2. The van der Waals surface area contributed by atoms with Crippen molar-refractivity contribution >= 4 is 5.71 Å². The lowest BCUT2D eigenvalue weighted by molar-refractivity contribution is -0.0597. The Hall–Kier alpha value is -1.00. The summed E-state index contributed by atoms with van der Waals surface area (Å²) in [5.41, 5.74) is 1.63. The van der Waals surface area contributed by atoms with Crippen LogP contribution in [0.25, 0.3) is 0 Å². The summed E-state index contributed by atoms with van der Waals surface area (Å²) in [4.78, 5) is 0. The van der Waals surface area contributed by atoms with Crippen LogP contribution in [0.1, 0.15) is 6.42 Å². The standard InChI is InChI=1S/C5H5F3N2/c1-3-2-4(10-9-3)5(6,7)8/h9H,1-2H2. The summed E-state index contributed by atoms with van der Waals surface area (Å²) >= 11 is 0. The van der Waals surface area contributed by atoms with Crippen LogP contribution in [0.4, 0.5) is 13.2 Å².